The summed E-state index contributed by atoms with van der Waals surface area (Å²) < 4.78 is 7.41. The number of nitrogens with one attached hydrogen (secondary N) is 2. The fourth-order valence-electron chi connectivity index (χ4n) is 3.37. The Morgan fingerprint density at radius 2 is 1.76 bits per heavy atom. The molecular weight excluding hydrogens is 362 g/mol. The van der Waals surface area contributed by atoms with Gasteiger partial charge in [-0.1, -0.05) is 36.4 Å². The first-order valence-electron chi connectivity index (χ1n) is 9.81. The van der Waals surface area contributed by atoms with E-state index in [4.69, 9.17) is 9.84 Å². The van der Waals surface area contributed by atoms with Gasteiger partial charge in [-0.05, 0) is 44.0 Å². The van der Waals surface area contributed by atoms with Gasteiger partial charge in [0.05, 0.1) is 18.5 Å². The van der Waals surface area contributed by atoms with Crippen LogP contribution in [0.15, 0.2) is 59.6 Å². The number of aryl methyl sites for hydroxylation is 1. The number of guanidine groups is 1. The molecule has 1 aromatic heterocycles. The lowest BCUT2D eigenvalue weighted by Gasteiger charge is -2.13. The third-order valence-electron chi connectivity index (χ3n) is 4.98. The number of nitrogens with zero attached hydrogens (tertiary/aromatic N) is 3. The Morgan fingerprint density at radius 1 is 1.03 bits per heavy atom. The Morgan fingerprint density at radius 3 is 2.48 bits per heavy atom. The lowest BCUT2D eigenvalue weighted by Crippen LogP contribution is -2.38. The van der Waals surface area contributed by atoms with Crippen LogP contribution in [0.2, 0.25) is 0 Å². The van der Waals surface area contributed by atoms with Crippen molar-refractivity contribution < 1.29 is 4.74 Å². The van der Waals surface area contributed by atoms with E-state index >= 15 is 0 Å². The van der Waals surface area contributed by atoms with Gasteiger partial charge in [0.15, 0.2) is 5.96 Å². The molecule has 1 heterocycles. The number of rotatable bonds is 7. The molecule has 0 saturated carbocycles. The van der Waals surface area contributed by atoms with Crippen LogP contribution in [-0.2, 0) is 13.0 Å². The van der Waals surface area contributed by atoms with Gasteiger partial charge in [0.1, 0.15) is 5.75 Å². The zero-order valence-corrected chi connectivity index (χ0v) is 17.6. The summed E-state index contributed by atoms with van der Waals surface area (Å²) in [6.45, 7) is 5.57. The van der Waals surface area contributed by atoms with E-state index in [1.54, 1.807) is 14.2 Å². The average Bonchev–Trinajstić information content (AvgIpc) is 3.05. The SMILES string of the molecule is CN=C(NCCc1ccccc1OC)NCc1c(C)nn(-c2ccccc2)c1C. The van der Waals surface area contributed by atoms with Gasteiger partial charge in [0.25, 0.3) is 0 Å². The van der Waals surface area contributed by atoms with Crippen molar-refractivity contribution in [3.63, 3.8) is 0 Å². The topological polar surface area (TPSA) is 63.5 Å². The Kier molecular flexibility index (Phi) is 6.89. The van der Waals surface area contributed by atoms with Crippen molar-refractivity contribution in [2.24, 2.45) is 4.99 Å². The summed E-state index contributed by atoms with van der Waals surface area (Å²) in [5, 5.41) is 11.5. The number of benzene rings is 2. The Bertz CT molecular complexity index is 963. The van der Waals surface area contributed by atoms with Crippen molar-refractivity contribution in [2.75, 3.05) is 20.7 Å². The van der Waals surface area contributed by atoms with Gasteiger partial charge in [0.2, 0.25) is 0 Å². The molecule has 0 atom stereocenters. The molecule has 0 bridgehead atoms. The van der Waals surface area contributed by atoms with Crippen LogP contribution >= 0.6 is 0 Å². The molecule has 0 unspecified atom stereocenters. The minimum atomic E-state index is 0.666. The molecule has 29 heavy (non-hydrogen) atoms. The van der Waals surface area contributed by atoms with Gasteiger partial charge in [0, 0.05) is 31.4 Å². The summed E-state index contributed by atoms with van der Waals surface area (Å²) >= 11 is 0. The van der Waals surface area contributed by atoms with E-state index in [-0.39, 0.29) is 0 Å². The van der Waals surface area contributed by atoms with E-state index in [0.717, 1.165) is 41.7 Å². The molecule has 3 rings (SSSR count). The molecule has 0 saturated heterocycles. The Balaban J connectivity index is 1.59. The fourth-order valence-corrected chi connectivity index (χ4v) is 3.37. The number of ether oxygens (including phenoxy) is 1. The van der Waals surface area contributed by atoms with E-state index in [1.807, 2.05) is 48.0 Å². The highest BCUT2D eigenvalue weighted by Gasteiger charge is 2.13. The number of methoxy groups -OCH3 is 1. The summed E-state index contributed by atoms with van der Waals surface area (Å²) in [5.41, 5.74) is 5.57. The highest BCUT2D eigenvalue weighted by atomic mass is 16.5. The zero-order chi connectivity index (χ0) is 20.6. The van der Waals surface area contributed by atoms with Crippen LogP contribution in [0.1, 0.15) is 22.5 Å². The lowest BCUT2D eigenvalue weighted by atomic mass is 10.1. The number of aromatic nitrogens is 2. The summed E-state index contributed by atoms with van der Waals surface area (Å²) in [6, 6.07) is 18.3. The van der Waals surface area contributed by atoms with Gasteiger partial charge >= 0.3 is 0 Å². The van der Waals surface area contributed by atoms with Crippen LogP contribution < -0.4 is 15.4 Å². The summed E-state index contributed by atoms with van der Waals surface area (Å²) in [6.07, 6.45) is 0.856. The molecule has 0 aliphatic heterocycles. The lowest BCUT2D eigenvalue weighted by molar-refractivity contribution is 0.409. The molecule has 2 aromatic carbocycles. The fraction of sp³-hybridized carbons (Fsp3) is 0.304. The van der Waals surface area contributed by atoms with E-state index in [0.29, 0.717) is 6.54 Å². The molecule has 6 heteroatoms. The molecule has 6 nitrogen and oxygen atoms in total. The van der Waals surface area contributed by atoms with Gasteiger partial charge in [-0.3, -0.25) is 4.99 Å². The van der Waals surface area contributed by atoms with Crippen molar-refractivity contribution in [3.8, 4) is 11.4 Å². The van der Waals surface area contributed by atoms with Crippen LogP contribution in [0.5, 0.6) is 5.75 Å². The van der Waals surface area contributed by atoms with Crippen molar-refractivity contribution in [1.82, 2.24) is 20.4 Å². The largest absolute Gasteiger partial charge is 0.496 e. The van der Waals surface area contributed by atoms with Crippen LogP contribution in [-0.4, -0.2) is 36.4 Å². The number of hydrogen-bond acceptors (Lipinski definition) is 3. The van der Waals surface area contributed by atoms with Crippen molar-refractivity contribution in [1.29, 1.82) is 0 Å². The maximum atomic E-state index is 5.42. The molecule has 0 spiro atoms. The molecular formula is C23H29N5O. The van der Waals surface area contributed by atoms with Crippen LogP contribution in [0.25, 0.3) is 5.69 Å². The Hall–Kier alpha value is -3.28. The van der Waals surface area contributed by atoms with E-state index in [2.05, 4.69) is 40.7 Å². The highest BCUT2D eigenvalue weighted by Crippen LogP contribution is 2.18. The highest BCUT2D eigenvalue weighted by molar-refractivity contribution is 5.79. The van der Waals surface area contributed by atoms with Crippen LogP contribution in [0.3, 0.4) is 0 Å². The number of hydrogen-bond donors (Lipinski definition) is 2. The average molecular weight is 392 g/mol. The monoisotopic (exact) mass is 391 g/mol. The first-order chi connectivity index (χ1) is 14.1. The zero-order valence-electron chi connectivity index (χ0n) is 17.6. The molecule has 152 valence electrons. The molecule has 0 radical (unpaired) electrons. The second-order valence-electron chi connectivity index (χ2n) is 6.81. The second-order valence-corrected chi connectivity index (χ2v) is 6.81. The predicted octanol–water partition coefficient (Wildman–Crippen LogP) is 3.41. The smallest absolute Gasteiger partial charge is 0.191 e. The maximum Gasteiger partial charge on any atom is 0.191 e. The third-order valence-corrected chi connectivity index (χ3v) is 4.98. The molecule has 2 N–H and O–H groups in total. The molecule has 0 aliphatic carbocycles. The number of para-hydroxylation sites is 2. The van der Waals surface area contributed by atoms with Gasteiger partial charge in [-0.25, -0.2) is 4.68 Å². The van der Waals surface area contributed by atoms with Crippen molar-refractivity contribution in [3.05, 3.63) is 77.1 Å². The van der Waals surface area contributed by atoms with E-state index in [1.165, 1.54) is 11.1 Å². The quantitative estimate of drug-likeness (QED) is 0.479. The summed E-state index contributed by atoms with van der Waals surface area (Å²) in [7, 11) is 3.48. The normalized spacial score (nSPS) is 11.4. The predicted molar refractivity (Wildman–Crippen MR) is 118 cm³/mol. The third kappa shape index (κ3) is 4.96. The first kappa shape index (κ1) is 20.5. The summed E-state index contributed by atoms with van der Waals surface area (Å²) in [4.78, 5) is 4.34. The minimum absolute atomic E-state index is 0.666. The standard InChI is InChI=1S/C23H29N5O/c1-17-21(18(2)28(27-17)20-11-6-5-7-12-20)16-26-23(24-3)25-15-14-19-10-8-9-13-22(19)29-4/h5-13H,14-16H2,1-4H3,(H2,24,25,26). The number of aliphatic imine (C=N–C) groups is 1. The maximum absolute atomic E-state index is 5.42. The molecule has 0 aliphatic rings. The van der Waals surface area contributed by atoms with Crippen LogP contribution in [0, 0.1) is 13.8 Å². The van der Waals surface area contributed by atoms with Gasteiger partial charge < -0.3 is 15.4 Å². The second kappa shape index (κ2) is 9.78. The van der Waals surface area contributed by atoms with E-state index in [9.17, 15) is 0 Å². The van der Waals surface area contributed by atoms with Crippen molar-refractivity contribution >= 4 is 5.96 Å². The minimum Gasteiger partial charge on any atom is -0.496 e. The van der Waals surface area contributed by atoms with Gasteiger partial charge in [-0.15, -0.1) is 0 Å². The molecule has 3 aromatic rings. The summed E-state index contributed by atoms with van der Waals surface area (Å²) in [5.74, 6) is 1.68. The van der Waals surface area contributed by atoms with E-state index < -0.39 is 0 Å². The molecule has 0 fully saturated rings. The Labute approximate surface area is 172 Å². The van der Waals surface area contributed by atoms with Crippen LogP contribution in [0.4, 0.5) is 0 Å². The first-order valence-corrected chi connectivity index (χ1v) is 9.81. The molecule has 0 amide bonds. The van der Waals surface area contributed by atoms with Crippen molar-refractivity contribution in [2.45, 2.75) is 26.8 Å². The van der Waals surface area contributed by atoms with Gasteiger partial charge in [-0.2, -0.15) is 5.10 Å².